The third-order valence-electron chi connectivity index (χ3n) is 4.09. The first-order chi connectivity index (χ1) is 7.68. The summed E-state index contributed by atoms with van der Waals surface area (Å²) in [4.78, 5) is 4.27. The van der Waals surface area contributed by atoms with Crippen LogP contribution in [0.2, 0.25) is 0 Å². The SMILES string of the molecule is CC(C)C1C(C)NC2Nc3ccncc3C21. The molecule has 2 N–H and O–H groups in total. The van der Waals surface area contributed by atoms with Crippen molar-refractivity contribution in [2.24, 2.45) is 11.8 Å². The molecule has 86 valence electrons. The Morgan fingerprint density at radius 3 is 2.94 bits per heavy atom. The van der Waals surface area contributed by atoms with Crippen molar-refractivity contribution >= 4 is 5.69 Å². The first-order valence-electron chi connectivity index (χ1n) is 6.15. The highest BCUT2D eigenvalue weighted by Gasteiger charge is 2.47. The van der Waals surface area contributed by atoms with Crippen molar-refractivity contribution in [2.75, 3.05) is 5.32 Å². The molecule has 0 aromatic carbocycles. The molecule has 2 aliphatic heterocycles. The quantitative estimate of drug-likeness (QED) is 0.757. The molecule has 0 saturated carbocycles. The lowest BCUT2D eigenvalue weighted by atomic mass is 9.79. The summed E-state index contributed by atoms with van der Waals surface area (Å²) in [7, 11) is 0. The predicted molar refractivity (Wildman–Crippen MR) is 65.3 cm³/mol. The predicted octanol–water partition coefficient (Wildman–Crippen LogP) is 2.18. The van der Waals surface area contributed by atoms with Crippen molar-refractivity contribution in [3.63, 3.8) is 0 Å². The molecular weight excluding hydrogens is 198 g/mol. The number of anilines is 1. The highest BCUT2D eigenvalue weighted by Crippen LogP contribution is 2.46. The Labute approximate surface area is 96.7 Å². The van der Waals surface area contributed by atoms with Gasteiger partial charge < -0.3 is 5.32 Å². The van der Waals surface area contributed by atoms with Crippen molar-refractivity contribution < 1.29 is 0 Å². The molecule has 0 spiro atoms. The van der Waals surface area contributed by atoms with Crippen molar-refractivity contribution in [2.45, 2.75) is 38.9 Å². The van der Waals surface area contributed by atoms with Gasteiger partial charge in [-0.1, -0.05) is 13.8 Å². The van der Waals surface area contributed by atoms with Gasteiger partial charge in [0, 0.05) is 35.6 Å². The lowest BCUT2D eigenvalue weighted by molar-refractivity contribution is 0.328. The summed E-state index contributed by atoms with van der Waals surface area (Å²) >= 11 is 0. The summed E-state index contributed by atoms with van der Waals surface area (Å²) in [5, 5.41) is 7.22. The molecule has 4 atom stereocenters. The monoisotopic (exact) mass is 217 g/mol. The van der Waals surface area contributed by atoms with Gasteiger partial charge in [-0.25, -0.2) is 0 Å². The first kappa shape index (κ1) is 10.1. The Morgan fingerprint density at radius 2 is 2.19 bits per heavy atom. The van der Waals surface area contributed by atoms with Crippen molar-refractivity contribution in [3.05, 3.63) is 24.0 Å². The molecular formula is C13H19N3. The van der Waals surface area contributed by atoms with E-state index in [2.05, 4.69) is 42.5 Å². The highest BCUT2D eigenvalue weighted by atomic mass is 15.2. The van der Waals surface area contributed by atoms with E-state index in [4.69, 9.17) is 0 Å². The standard InChI is InChI=1S/C13H19N3/c1-7(2)11-8(3)15-13-12(11)9-6-14-5-4-10(9)16-13/h4-8,11-13,15-16H,1-3H3. The maximum absolute atomic E-state index is 4.27. The van der Waals surface area contributed by atoms with Crippen molar-refractivity contribution in [3.8, 4) is 0 Å². The van der Waals surface area contributed by atoms with Gasteiger partial charge in [-0.05, 0) is 24.8 Å². The summed E-state index contributed by atoms with van der Waals surface area (Å²) in [6.07, 6.45) is 4.30. The van der Waals surface area contributed by atoms with E-state index < -0.39 is 0 Å². The van der Waals surface area contributed by atoms with Crippen LogP contribution in [-0.2, 0) is 0 Å². The molecule has 3 rings (SSSR count). The van der Waals surface area contributed by atoms with Gasteiger partial charge in [-0.2, -0.15) is 0 Å². The minimum atomic E-state index is 0.404. The summed E-state index contributed by atoms with van der Waals surface area (Å²) in [6.45, 7) is 6.93. The van der Waals surface area contributed by atoms with Crippen molar-refractivity contribution in [1.82, 2.24) is 10.3 Å². The molecule has 0 amide bonds. The average molecular weight is 217 g/mol. The maximum Gasteiger partial charge on any atom is 0.0845 e. The first-order valence-corrected chi connectivity index (χ1v) is 6.15. The van der Waals surface area contributed by atoms with E-state index in [1.165, 1.54) is 11.3 Å². The molecule has 0 radical (unpaired) electrons. The number of nitrogens with zero attached hydrogens (tertiary/aromatic N) is 1. The number of fused-ring (bicyclic) bond motifs is 3. The molecule has 3 heteroatoms. The molecule has 0 aliphatic carbocycles. The van der Waals surface area contributed by atoms with E-state index in [1.807, 2.05) is 12.4 Å². The van der Waals surface area contributed by atoms with Crippen LogP contribution in [0.15, 0.2) is 18.5 Å². The van der Waals surface area contributed by atoms with E-state index in [0.717, 1.165) is 0 Å². The van der Waals surface area contributed by atoms with E-state index in [-0.39, 0.29) is 0 Å². The fourth-order valence-corrected chi connectivity index (χ4v) is 3.51. The van der Waals surface area contributed by atoms with Gasteiger partial charge in [-0.3, -0.25) is 10.3 Å². The number of rotatable bonds is 1. The Morgan fingerprint density at radius 1 is 1.38 bits per heavy atom. The number of aromatic nitrogens is 1. The Balaban J connectivity index is 2.01. The molecule has 3 heterocycles. The van der Waals surface area contributed by atoms with Crippen LogP contribution in [0.5, 0.6) is 0 Å². The fraction of sp³-hybridized carbons (Fsp3) is 0.615. The minimum absolute atomic E-state index is 0.404. The maximum atomic E-state index is 4.27. The lowest BCUT2D eigenvalue weighted by Crippen LogP contribution is -2.33. The van der Waals surface area contributed by atoms with E-state index in [9.17, 15) is 0 Å². The van der Waals surface area contributed by atoms with Gasteiger partial charge >= 0.3 is 0 Å². The zero-order valence-corrected chi connectivity index (χ0v) is 10.1. The van der Waals surface area contributed by atoms with Crippen LogP contribution >= 0.6 is 0 Å². The zero-order chi connectivity index (χ0) is 11.3. The van der Waals surface area contributed by atoms with E-state index in [0.29, 0.717) is 30.0 Å². The Kier molecular flexibility index (Phi) is 2.18. The van der Waals surface area contributed by atoms with Crippen LogP contribution in [0.4, 0.5) is 5.69 Å². The van der Waals surface area contributed by atoms with Gasteiger partial charge in [0.2, 0.25) is 0 Å². The molecule has 1 fully saturated rings. The second-order valence-electron chi connectivity index (χ2n) is 5.39. The second kappa shape index (κ2) is 3.45. The smallest absolute Gasteiger partial charge is 0.0845 e. The molecule has 0 bridgehead atoms. The van der Waals surface area contributed by atoms with Crippen LogP contribution < -0.4 is 10.6 Å². The normalized spacial score (nSPS) is 36.0. The molecule has 1 aromatic rings. The molecule has 2 aliphatic rings. The Hall–Kier alpha value is -1.09. The van der Waals surface area contributed by atoms with Crippen LogP contribution in [0.3, 0.4) is 0 Å². The van der Waals surface area contributed by atoms with Gasteiger partial charge in [0.05, 0.1) is 6.17 Å². The summed E-state index contributed by atoms with van der Waals surface area (Å²) < 4.78 is 0. The van der Waals surface area contributed by atoms with Gasteiger partial charge in [0.15, 0.2) is 0 Å². The number of hydrogen-bond acceptors (Lipinski definition) is 3. The molecule has 1 aromatic heterocycles. The zero-order valence-electron chi connectivity index (χ0n) is 10.1. The third-order valence-corrected chi connectivity index (χ3v) is 4.09. The minimum Gasteiger partial charge on any atom is -0.369 e. The van der Waals surface area contributed by atoms with Crippen LogP contribution in [0, 0.1) is 11.8 Å². The summed E-state index contributed by atoms with van der Waals surface area (Å²) in [5.41, 5.74) is 2.65. The van der Waals surface area contributed by atoms with Crippen LogP contribution in [-0.4, -0.2) is 17.2 Å². The van der Waals surface area contributed by atoms with Gasteiger partial charge in [0.1, 0.15) is 0 Å². The summed E-state index contributed by atoms with van der Waals surface area (Å²) in [6, 6.07) is 2.66. The number of pyridine rings is 1. The molecule has 1 saturated heterocycles. The lowest BCUT2D eigenvalue weighted by Gasteiger charge is -2.24. The van der Waals surface area contributed by atoms with Gasteiger partial charge in [0.25, 0.3) is 0 Å². The van der Waals surface area contributed by atoms with E-state index in [1.54, 1.807) is 0 Å². The van der Waals surface area contributed by atoms with Gasteiger partial charge in [-0.15, -0.1) is 0 Å². The molecule has 4 unspecified atom stereocenters. The fourth-order valence-electron chi connectivity index (χ4n) is 3.51. The second-order valence-corrected chi connectivity index (χ2v) is 5.39. The highest BCUT2D eigenvalue weighted by molar-refractivity contribution is 5.59. The third kappa shape index (κ3) is 1.27. The average Bonchev–Trinajstić information content (AvgIpc) is 2.71. The van der Waals surface area contributed by atoms with E-state index >= 15 is 0 Å². The number of hydrogen-bond donors (Lipinski definition) is 2. The molecule has 3 nitrogen and oxygen atoms in total. The van der Waals surface area contributed by atoms with Crippen LogP contribution in [0.1, 0.15) is 32.3 Å². The Bertz CT molecular complexity index is 402. The molecule has 16 heavy (non-hydrogen) atoms. The summed E-state index contributed by atoms with van der Waals surface area (Å²) in [5.74, 6) is 1.98. The topological polar surface area (TPSA) is 37.0 Å². The number of nitrogens with one attached hydrogen (secondary N) is 2. The van der Waals surface area contributed by atoms with Crippen molar-refractivity contribution in [1.29, 1.82) is 0 Å². The largest absolute Gasteiger partial charge is 0.369 e. The van der Waals surface area contributed by atoms with Crippen LogP contribution in [0.25, 0.3) is 0 Å².